The van der Waals surface area contributed by atoms with Gasteiger partial charge in [0.2, 0.25) is 0 Å². The summed E-state index contributed by atoms with van der Waals surface area (Å²) in [7, 11) is 0. The topological polar surface area (TPSA) is 85.8 Å². The van der Waals surface area contributed by atoms with E-state index in [2.05, 4.69) is 20.2 Å². The maximum Gasteiger partial charge on any atom is 0.159 e. The zero-order chi connectivity index (χ0) is 19.6. The van der Waals surface area contributed by atoms with Crippen molar-refractivity contribution in [1.82, 2.24) is 29.9 Å². The first-order valence-electron chi connectivity index (χ1n) is 9.64. The van der Waals surface area contributed by atoms with E-state index in [0.717, 1.165) is 60.2 Å². The maximum atomic E-state index is 5.77. The average molecular weight is 383 g/mol. The Morgan fingerprint density at radius 3 is 2.66 bits per heavy atom. The Balaban J connectivity index is 1.29. The fraction of sp³-hybridized carbons (Fsp3) is 0.182. The predicted molar refractivity (Wildman–Crippen MR) is 111 cm³/mol. The van der Waals surface area contributed by atoms with Crippen molar-refractivity contribution in [1.29, 1.82) is 0 Å². The summed E-state index contributed by atoms with van der Waals surface area (Å²) < 4.78 is 1.81. The number of nitrogens with two attached hydrogens (primary N) is 1. The number of nitrogen functional groups attached to an aromatic ring is 1. The fourth-order valence-corrected chi connectivity index (χ4v) is 3.59. The number of aromatic nitrogens is 5. The highest BCUT2D eigenvalue weighted by atomic mass is 15.4. The van der Waals surface area contributed by atoms with Crippen LogP contribution in [0.4, 0.5) is 5.69 Å². The number of anilines is 1. The SMILES string of the molecule is Nc1ccc(-c2ncc3c(n2)CCN(Cc2cn(-c4ccccc4)nn2)C3)cc1. The molecule has 1 aliphatic rings. The first-order valence-corrected chi connectivity index (χ1v) is 9.64. The van der Waals surface area contributed by atoms with Crippen LogP contribution in [0.1, 0.15) is 17.0 Å². The van der Waals surface area contributed by atoms with Crippen molar-refractivity contribution in [2.75, 3.05) is 12.3 Å². The summed E-state index contributed by atoms with van der Waals surface area (Å²) in [5, 5.41) is 8.59. The second-order valence-electron chi connectivity index (χ2n) is 7.24. The van der Waals surface area contributed by atoms with E-state index in [-0.39, 0.29) is 0 Å². The van der Waals surface area contributed by atoms with Crippen LogP contribution in [-0.2, 0) is 19.5 Å². The summed E-state index contributed by atoms with van der Waals surface area (Å²) in [6.45, 7) is 2.50. The van der Waals surface area contributed by atoms with Gasteiger partial charge in [-0.3, -0.25) is 4.90 Å². The summed E-state index contributed by atoms with van der Waals surface area (Å²) in [5.74, 6) is 0.753. The fourth-order valence-electron chi connectivity index (χ4n) is 3.59. The number of hydrogen-bond donors (Lipinski definition) is 1. The Morgan fingerprint density at radius 1 is 1.00 bits per heavy atom. The van der Waals surface area contributed by atoms with E-state index in [1.165, 1.54) is 5.56 Å². The molecule has 2 aromatic carbocycles. The third kappa shape index (κ3) is 3.72. The molecule has 7 heteroatoms. The molecule has 2 aromatic heterocycles. The van der Waals surface area contributed by atoms with Crippen LogP contribution in [0, 0.1) is 0 Å². The molecule has 0 radical (unpaired) electrons. The molecule has 2 N–H and O–H groups in total. The minimum Gasteiger partial charge on any atom is -0.399 e. The monoisotopic (exact) mass is 383 g/mol. The second-order valence-corrected chi connectivity index (χ2v) is 7.24. The van der Waals surface area contributed by atoms with Crippen LogP contribution < -0.4 is 5.73 Å². The highest BCUT2D eigenvalue weighted by molar-refractivity contribution is 5.58. The molecule has 0 atom stereocenters. The molecule has 144 valence electrons. The van der Waals surface area contributed by atoms with Gasteiger partial charge in [-0.15, -0.1) is 5.10 Å². The maximum absolute atomic E-state index is 5.77. The molecule has 3 heterocycles. The highest BCUT2D eigenvalue weighted by Crippen LogP contribution is 2.22. The van der Waals surface area contributed by atoms with E-state index in [1.54, 1.807) is 0 Å². The second kappa shape index (κ2) is 7.44. The van der Waals surface area contributed by atoms with E-state index < -0.39 is 0 Å². The Morgan fingerprint density at radius 2 is 1.83 bits per heavy atom. The molecule has 4 aromatic rings. The van der Waals surface area contributed by atoms with Gasteiger partial charge in [0.05, 0.1) is 23.3 Å². The van der Waals surface area contributed by atoms with Gasteiger partial charge in [-0.2, -0.15) is 0 Å². The van der Waals surface area contributed by atoms with Crippen molar-refractivity contribution in [3.8, 4) is 17.1 Å². The minimum absolute atomic E-state index is 0.742. The van der Waals surface area contributed by atoms with Crippen molar-refractivity contribution in [2.24, 2.45) is 0 Å². The molecule has 0 fully saturated rings. The standard InChI is InChI=1S/C22H21N7/c23-18-8-6-16(7-9-18)22-24-12-17-13-28(11-10-21(17)25-22)14-19-15-29(27-26-19)20-4-2-1-3-5-20/h1-9,12,15H,10-11,13-14,23H2. The number of nitrogens with zero attached hydrogens (tertiary/aromatic N) is 6. The number of fused-ring (bicyclic) bond motifs is 1. The lowest BCUT2D eigenvalue weighted by molar-refractivity contribution is 0.240. The Bertz CT molecular complexity index is 1120. The molecule has 5 rings (SSSR count). The van der Waals surface area contributed by atoms with Crippen LogP contribution in [0.2, 0.25) is 0 Å². The van der Waals surface area contributed by atoms with E-state index in [1.807, 2.05) is 71.7 Å². The van der Waals surface area contributed by atoms with Gasteiger partial charge in [0.1, 0.15) is 0 Å². The van der Waals surface area contributed by atoms with Gasteiger partial charge in [-0.1, -0.05) is 23.4 Å². The van der Waals surface area contributed by atoms with Gasteiger partial charge in [0.15, 0.2) is 5.82 Å². The molecule has 0 amide bonds. The van der Waals surface area contributed by atoms with Crippen LogP contribution in [0.25, 0.3) is 17.1 Å². The van der Waals surface area contributed by atoms with E-state index in [0.29, 0.717) is 0 Å². The third-order valence-corrected chi connectivity index (χ3v) is 5.13. The van der Waals surface area contributed by atoms with Gasteiger partial charge in [0.25, 0.3) is 0 Å². The number of para-hydroxylation sites is 1. The Kier molecular flexibility index (Phi) is 4.50. The van der Waals surface area contributed by atoms with Gasteiger partial charge in [-0.25, -0.2) is 14.6 Å². The Hall–Kier alpha value is -3.58. The lowest BCUT2D eigenvalue weighted by Gasteiger charge is -2.27. The molecule has 0 aliphatic carbocycles. The molecule has 0 unspecified atom stereocenters. The molecule has 0 saturated heterocycles. The van der Waals surface area contributed by atoms with Gasteiger partial charge >= 0.3 is 0 Å². The van der Waals surface area contributed by atoms with Crippen LogP contribution >= 0.6 is 0 Å². The molecule has 0 spiro atoms. The van der Waals surface area contributed by atoms with Crippen molar-refractivity contribution in [3.63, 3.8) is 0 Å². The Labute approximate surface area is 168 Å². The third-order valence-electron chi connectivity index (χ3n) is 5.13. The average Bonchev–Trinajstić information content (AvgIpc) is 3.23. The van der Waals surface area contributed by atoms with Crippen molar-refractivity contribution in [2.45, 2.75) is 19.5 Å². The summed E-state index contributed by atoms with van der Waals surface area (Å²) in [4.78, 5) is 11.7. The van der Waals surface area contributed by atoms with Gasteiger partial charge in [-0.05, 0) is 36.4 Å². The molecular formula is C22H21N7. The van der Waals surface area contributed by atoms with E-state index >= 15 is 0 Å². The summed E-state index contributed by atoms with van der Waals surface area (Å²) in [6, 6.07) is 17.7. The molecular weight excluding hydrogens is 362 g/mol. The molecule has 1 aliphatic heterocycles. The number of benzene rings is 2. The number of rotatable bonds is 4. The van der Waals surface area contributed by atoms with Crippen molar-refractivity contribution >= 4 is 5.69 Å². The lowest BCUT2D eigenvalue weighted by atomic mass is 10.1. The highest BCUT2D eigenvalue weighted by Gasteiger charge is 2.20. The van der Waals surface area contributed by atoms with E-state index in [4.69, 9.17) is 10.7 Å². The van der Waals surface area contributed by atoms with Crippen molar-refractivity contribution < 1.29 is 0 Å². The summed E-state index contributed by atoms with van der Waals surface area (Å²) in [6.07, 6.45) is 4.83. The normalized spacial score (nSPS) is 13.9. The largest absolute Gasteiger partial charge is 0.399 e. The number of hydrogen-bond acceptors (Lipinski definition) is 6. The van der Waals surface area contributed by atoms with Crippen molar-refractivity contribution in [3.05, 3.63) is 83.9 Å². The predicted octanol–water partition coefficient (Wildman–Crippen LogP) is 2.86. The van der Waals surface area contributed by atoms with E-state index in [9.17, 15) is 0 Å². The zero-order valence-corrected chi connectivity index (χ0v) is 15.9. The summed E-state index contributed by atoms with van der Waals surface area (Å²) in [5.41, 5.74) is 11.8. The quantitative estimate of drug-likeness (QED) is 0.546. The van der Waals surface area contributed by atoms with Gasteiger partial charge < -0.3 is 5.73 Å². The van der Waals surface area contributed by atoms with Crippen LogP contribution in [-0.4, -0.2) is 36.4 Å². The first kappa shape index (κ1) is 17.5. The smallest absolute Gasteiger partial charge is 0.159 e. The molecule has 29 heavy (non-hydrogen) atoms. The van der Waals surface area contributed by atoms with Crippen LogP contribution in [0.5, 0.6) is 0 Å². The molecule has 0 saturated carbocycles. The summed E-state index contributed by atoms with van der Waals surface area (Å²) >= 11 is 0. The van der Waals surface area contributed by atoms with Crippen LogP contribution in [0.15, 0.2) is 67.0 Å². The lowest BCUT2D eigenvalue weighted by Crippen LogP contribution is -2.31. The van der Waals surface area contributed by atoms with Crippen LogP contribution in [0.3, 0.4) is 0 Å². The molecule has 7 nitrogen and oxygen atoms in total. The first-order chi connectivity index (χ1) is 14.2. The van der Waals surface area contributed by atoms with Gasteiger partial charge in [0, 0.05) is 49.1 Å². The molecule has 0 bridgehead atoms. The minimum atomic E-state index is 0.742. The zero-order valence-electron chi connectivity index (χ0n) is 15.9.